The van der Waals surface area contributed by atoms with Crippen molar-refractivity contribution < 1.29 is 39.6 Å². The Labute approximate surface area is 140 Å². The molecule has 10 nitrogen and oxygen atoms in total. The van der Waals surface area contributed by atoms with Gasteiger partial charge in [-0.05, 0) is 12.2 Å². The number of phosphoric ester groups is 1. The molecule has 2 rings (SSSR count). The number of aliphatic hydroxyl groups is 2. The van der Waals surface area contributed by atoms with Crippen molar-refractivity contribution in [3.8, 4) is 12.3 Å². The molecule has 0 aromatic carbocycles. The van der Waals surface area contributed by atoms with Crippen molar-refractivity contribution >= 4 is 20.0 Å². The summed E-state index contributed by atoms with van der Waals surface area (Å²) in [5.74, 6) is -1.38. The van der Waals surface area contributed by atoms with Crippen LogP contribution in [0.4, 0.5) is 4.39 Å². The van der Waals surface area contributed by atoms with Crippen LogP contribution in [0.1, 0.15) is 13.1 Å². The molecule has 1 aromatic heterocycles. The summed E-state index contributed by atoms with van der Waals surface area (Å²) in [7, 11) is -5.12. The number of halogens is 1. The van der Waals surface area contributed by atoms with Crippen LogP contribution >= 0.6 is 20.0 Å². The van der Waals surface area contributed by atoms with Gasteiger partial charge >= 0.3 is 7.82 Å². The van der Waals surface area contributed by atoms with Gasteiger partial charge in [0.05, 0.1) is 1.37 Å². The van der Waals surface area contributed by atoms with Crippen LogP contribution in [0.2, 0.25) is 0 Å². The maximum Gasteiger partial charge on any atom is 0.469 e. The third-order valence-corrected chi connectivity index (χ3v) is 3.80. The molecule has 0 saturated carbocycles. The quantitative estimate of drug-likeness (QED) is 0.248. The van der Waals surface area contributed by atoms with E-state index in [2.05, 4.69) is 9.51 Å². The highest BCUT2D eigenvalue weighted by molar-refractivity contribution is 7.71. The van der Waals surface area contributed by atoms with Gasteiger partial charge in [-0.1, -0.05) is 5.92 Å². The van der Waals surface area contributed by atoms with E-state index in [-0.39, 0.29) is 5.56 Å². The number of nitrogens with one attached hydrogen (secondary N) is 1. The molecule has 1 saturated heterocycles. The first-order chi connectivity index (χ1) is 11.3. The molecule has 0 amide bonds. The Morgan fingerprint density at radius 2 is 2.29 bits per heavy atom. The van der Waals surface area contributed by atoms with Crippen molar-refractivity contribution in [3.63, 3.8) is 0 Å². The van der Waals surface area contributed by atoms with Crippen LogP contribution in [-0.2, 0) is 13.8 Å². The topological polar surface area (TPSA) is 154 Å². The number of terminal acetylenes is 1. The van der Waals surface area contributed by atoms with Gasteiger partial charge < -0.3 is 24.7 Å². The fourth-order valence-electron chi connectivity index (χ4n) is 1.88. The Kier molecular flexibility index (Phi) is 4.69. The molecule has 24 heavy (non-hydrogen) atoms. The van der Waals surface area contributed by atoms with Gasteiger partial charge in [0.15, 0.2) is 11.0 Å². The number of phosphoric acid groups is 1. The maximum absolute atomic E-state index is 14.7. The van der Waals surface area contributed by atoms with Gasteiger partial charge in [-0.25, -0.2) is 8.96 Å². The van der Waals surface area contributed by atoms with Crippen molar-refractivity contribution in [1.29, 1.82) is 0 Å². The summed E-state index contributed by atoms with van der Waals surface area (Å²) in [4.78, 5) is 30.9. The van der Waals surface area contributed by atoms with E-state index in [9.17, 15) is 24.0 Å². The fourth-order valence-corrected chi connectivity index (χ4v) is 2.46. The summed E-state index contributed by atoms with van der Waals surface area (Å²) < 4.78 is 42.2. The second kappa shape index (κ2) is 6.47. The monoisotopic (exact) mass is 383 g/mol. The molecule has 0 bridgehead atoms. The Hall–Kier alpha value is -1.42. The lowest BCUT2D eigenvalue weighted by molar-refractivity contribution is -0.204. The summed E-state index contributed by atoms with van der Waals surface area (Å²) in [5, 5.41) is 19.8. The average molecular weight is 383 g/mol. The Morgan fingerprint density at radius 3 is 2.83 bits per heavy atom. The summed E-state index contributed by atoms with van der Waals surface area (Å²) in [6, 6.07) is 0. The van der Waals surface area contributed by atoms with Gasteiger partial charge in [0.2, 0.25) is 0 Å². The predicted octanol–water partition coefficient (Wildman–Crippen LogP) is -1.09. The van der Waals surface area contributed by atoms with Gasteiger partial charge in [-0.2, -0.15) is 0 Å². The van der Waals surface area contributed by atoms with Crippen LogP contribution in [-0.4, -0.2) is 54.2 Å². The highest BCUT2D eigenvalue weighted by atomic mass is 32.1. The third kappa shape index (κ3) is 3.64. The minimum Gasteiger partial charge on any atom is -0.385 e. The van der Waals surface area contributed by atoms with Crippen LogP contribution in [0.3, 0.4) is 0 Å². The lowest BCUT2D eigenvalue weighted by atomic mass is 10.1. The van der Waals surface area contributed by atoms with Gasteiger partial charge in [0.1, 0.15) is 24.4 Å². The van der Waals surface area contributed by atoms with Crippen molar-refractivity contribution in [3.05, 3.63) is 26.9 Å². The largest absolute Gasteiger partial charge is 0.469 e. The Bertz CT molecular complexity index is 895. The summed E-state index contributed by atoms with van der Waals surface area (Å²) in [6.07, 6.45) is -1.57. The summed E-state index contributed by atoms with van der Waals surface area (Å²) in [5.41, 5.74) is -1.11. The Balaban J connectivity index is 2.49. The second-order valence-electron chi connectivity index (χ2n) is 4.70. The lowest BCUT2D eigenvalue weighted by Crippen LogP contribution is -2.42. The molecule has 1 aromatic rings. The maximum atomic E-state index is 14.7. The number of aromatic amines is 1. The molecule has 4 atom stereocenters. The molecule has 5 N–H and O–H groups in total. The zero-order chi connectivity index (χ0) is 19.2. The molecule has 2 heterocycles. The highest BCUT2D eigenvalue weighted by Crippen LogP contribution is 2.43. The van der Waals surface area contributed by atoms with Crippen molar-refractivity contribution in [2.24, 2.45) is 0 Å². The van der Waals surface area contributed by atoms with E-state index in [4.69, 9.17) is 34.5 Å². The smallest absolute Gasteiger partial charge is 0.385 e. The molecular formula is C11H12FN2O8PS. The minimum atomic E-state index is -5.12. The average Bonchev–Trinajstić information content (AvgIpc) is 2.67. The number of nitrogens with zero attached hydrogens (tertiary/aromatic N) is 1. The number of hydrogen-bond acceptors (Lipinski definition) is 7. The minimum absolute atomic E-state index is 0.326. The molecule has 132 valence electrons. The first-order valence-corrected chi connectivity index (χ1v) is 8.06. The van der Waals surface area contributed by atoms with Gasteiger partial charge in [0, 0.05) is 6.20 Å². The van der Waals surface area contributed by atoms with Crippen molar-refractivity contribution in [2.45, 2.75) is 24.3 Å². The van der Waals surface area contributed by atoms with Gasteiger partial charge in [-0.3, -0.25) is 18.9 Å². The van der Waals surface area contributed by atoms with Gasteiger partial charge in [0.25, 0.3) is 11.4 Å². The molecule has 0 unspecified atom stereocenters. The molecule has 0 spiro atoms. The molecule has 13 heteroatoms. The molecule has 1 aliphatic rings. The number of ether oxygens (including phenoxy) is 1. The number of rotatable bonds is 4. The highest BCUT2D eigenvalue weighted by Gasteiger charge is 2.57. The van der Waals surface area contributed by atoms with Crippen LogP contribution < -0.4 is 5.56 Å². The van der Waals surface area contributed by atoms with Crippen molar-refractivity contribution in [1.82, 2.24) is 9.55 Å². The number of H-pyrrole nitrogens is 1. The van der Waals surface area contributed by atoms with Crippen molar-refractivity contribution in [2.75, 3.05) is 6.61 Å². The molecule has 1 fully saturated rings. The first kappa shape index (κ1) is 17.4. The van der Waals surface area contributed by atoms with E-state index in [1.807, 2.05) is 5.92 Å². The number of alkyl halides is 1. The number of aliphatic hydroxyl groups excluding tert-OH is 2. The standard InChI is InChI=1S/C11H12FN2O8PS/c1-2-5-3-14(10(24)13-8(5)17)9-6(15)7(16)11(12,22-9)4-21-23(18,19)20/h1,3,6-7,9,15-16H,4H2,(H,13,17,24)(H2,18,19,20)/t6-,7+,9-,11-/m1/s1/i9D. The number of hydrogen-bond donors (Lipinski definition) is 5. The molecular weight excluding hydrogens is 370 g/mol. The zero-order valence-corrected chi connectivity index (χ0v) is 13.3. The van der Waals surface area contributed by atoms with E-state index in [0.29, 0.717) is 4.57 Å². The predicted molar refractivity (Wildman–Crippen MR) is 77.8 cm³/mol. The van der Waals surface area contributed by atoms with Crippen LogP contribution in [0.15, 0.2) is 11.0 Å². The molecule has 0 aliphatic carbocycles. The second-order valence-corrected chi connectivity index (χ2v) is 6.32. The molecule has 1 aliphatic heterocycles. The van der Waals surface area contributed by atoms with Gasteiger partial charge in [-0.15, -0.1) is 6.42 Å². The summed E-state index contributed by atoms with van der Waals surface area (Å²) >= 11 is 4.81. The number of aromatic nitrogens is 2. The van der Waals surface area contributed by atoms with Crippen LogP contribution in [0.5, 0.6) is 0 Å². The van der Waals surface area contributed by atoms with E-state index in [0.717, 1.165) is 6.20 Å². The first-order valence-electron chi connectivity index (χ1n) is 6.62. The summed E-state index contributed by atoms with van der Waals surface area (Å²) in [6.45, 7) is -1.49. The molecule has 0 radical (unpaired) electrons. The van der Waals surface area contributed by atoms with Crippen LogP contribution in [0, 0.1) is 17.1 Å². The van der Waals surface area contributed by atoms with Crippen LogP contribution in [0.25, 0.3) is 0 Å². The SMILES string of the molecule is [2H][C@@]1(n2cc(C#C)c(=O)[nH]c2=S)O[C@](F)(COP(=O)(O)O)[C@@H](O)[C@H]1O. The van der Waals surface area contributed by atoms with E-state index in [1.165, 1.54) is 0 Å². The third-order valence-electron chi connectivity index (χ3n) is 3.03. The van der Waals surface area contributed by atoms with E-state index < -0.39 is 49.0 Å². The fraction of sp³-hybridized carbons (Fsp3) is 0.455. The van der Waals surface area contributed by atoms with E-state index in [1.54, 1.807) is 0 Å². The lowest BCUT2D eigenvalue weighted by Gasteiger charge is -2.23. The normalized spacial score (nSPS) is 33.9. The van der Waals surface area contributed by atoms with E-state index >= 15 is 0 Å². The Morgan fingerprint density at radius 1 is 1.67 bits per heavy atom. The zero-order valence-electron chi connectivity index (χ0n) is 12.6.